The third-order valence-corrected chi connectivity index (χ3v) is 3.60. The van der Waals surface area contributed by atoms with Gasteiger partial charge in [0, 0.05) is 19.5 Å². The number of nitrogens with one attached hydrogen (secondary N) is 2. The smallest absolute Gasteiger partial charge is 0.221 e. The molecule has 1 amide bonds. The van der Waals surface area contributed by atoms with Crippen molar-refractivity contribution in [2.45, 2.75) is 26.3 Å². The highest BCUT2D eigenvalue weighted by molar-refractivity contribution is 5.76. The summed E-state index contributed by atoms with van der Waals surface area (Å²) in [5.41, 5.74) is 3.39. The molecule has 0 bridgehead atoms. The molecule has 23 heavy (non-hydrogen) atoms. The lowest BCUT2D eigenvalue weighted by Gasteiger charge is -2.07. The van der Waals surface area contributed by atoms with Crippen molar-refractivity contribution in [3.05, 3.63) is 71.0 Å². The minimum Gasteiger partial charge on any atom is -0.352 e. The summed E-state index contributed by atoms with van der Waals surface area (Å²) in [4.78, 5) is 11.8. The van der Waals surface area contributed by atoms with Gasteiger partial charge in [0.1, 0.15) is 5.82 Å². The number of carbonyl (C=O) groups excluding carboxylic acids is 1. The second-order valence-corrected chi connectivity index (χ2v) is 5.64. The van der Waals surface area contributed by atoms with Gasteiger partial charge in [0.15, 0.2) is 0 Å². The van der Waals surface area contributed by atoms with E-state index in [0.29, 0.717) is 19.5 Å². The third kappa shape index (κ3) is 6.61. The fourth-order valence-corrected chi connectivity index (χ4v) is 2.32. The fourth-order valence-electron chi connectivity index (χ4n) is 2.32. The molecule has 0 saturated heterocycles. The molecule has 0 atom stereocenters. The number of aryl methyl sites for hydroxylation is 1. The molecule has 4 heteroatoms. The summed E-state index contributed by atoms with van der Waals surface area (Å²) in [5, 5.41) is 6.15. The van der Waals surface area contributed by atoms with Crippen LogP contribution in [0, 0.1) is 12.7 Å². The van der Waals surface area contributed by atoms with Crippen molar-refractivity contribution >= 4 is 5.91 Å². The minimum atomic E-state index is -0.216. The molecule has 0 heterocycles. The standard InChI is InChI=1S/C19H23FN2O/c1-15-3-2-4-17(13-15)14-22-19(23)10-12-21-11-9-16-5-7-18(20)8-6-16/h2-8,13,21H,9-12,14H2,1H3,(H,22,23). The number of amides is 1. The molecular weight excluding hydrogens is 291 g/mol. The van der Waals surface area contributed by atoms with Gasteiger partial charge in [-0.3, -0.25) is 4.79 Å². The number of carbonyl (C=O) groups is 1. The Bertz CT molecular complexity index is 626. The van der Waals surface area contributed by atoms with Gasteiger partial charge >= 0.3 is 0 Å². The van der Waals surface area contributed by atoms with E-state index in [1.165, 1.54) is 17.7 Å². The first-order valence-electron chi connectivity index (χ1n) is 7.91. The summed E-state index contributed by atoms with van der Waals surface area (Å²) in [7, 11) is 0. The maximum Gasteiger partial charge on any atom is 0.221 e. The average Bonchev–Trinajstić information content (AvgIpc) is 2.54. The van der Waals surface area contributed by atoms with Crippen molar-refractivity contribution in [2.75, 3.05) is 13.1 Å². The van der Waals surface area contributed by atoms with E-state index < -0.39 is 0 Å². The predicted molar refractivity (Wildman–Crippen MR) is 90.6 cm³/mol. The minimum absolute atomic E-state index is 0.0424. The Hall–Kier alpha value is -2.20. The van der Waals surface area contributed by atoms with E-state index in [-0.39, 0.29) is 11.7 Å². The van der Waals surface area contributed by atoms with Gasteiger partial charge < -0.3 is 10.6 Å². The monoisotopic (exact) mass is 314 g/mol. The number of rotatable bonds is 8. The summed E-state index contributed by atoms with van der Waals surface area (Å²) in [6.07, 6.45) is 1.28. The number of halogens is 1. The van der Waals surface area contributed by atoms with Crippen LogP contribution >= 0.6 is 0 Å². The summed E-state index contributed by atoms with van der Waals surface area (Å²) in [6, 6.07) is 14.6. The number of benzene rings is 2. The molecule has 0 unspecified atom stereocenters. The maximum absolute atomic E-state index is 12.8. The van der Waals surface area contributed by atoms with Gasteiger partial charge in [0.25, 0.3) is 0 Å². The summed E-state index contributed by atoms with van der Waals surface area (Å²) < 4.78 is 12.8. The van der Waals surface area contributed by atoms with Gasteiger partial charge in [0.2, 0.25) is 5.91 Å². The van der Waals surface area contributed by atoms with Crippen molar-refractivity contribution in [3.8, 4) is 0 Å². The van der Waals surface area contributed by atoms with E-state index in [1.54, 1.807) is 12.1 Å². The van der Waals surface area contributed by atoms with Gasteiger partial charge in [-0.2, -0.15) is 0 Å². The van der Waals surface area contributed by atoms with Crippen LogP contribution in [0.3, 0.4) is 0 Å². The molecule has 2 N–H and O–H groups in total. The van der Waals surface area contributed by atoms with Crippen LogP contribution in [-0.2, 0) is 17.8 Å². The molecule has 0 aliphatic heterocycles. The number of hydrogen-bond donors (Lipinski definition) is 2. The molecule has 0 saturated carbocycles. The third-order valence-electron chi connectivity index (χ3n) is 3.60. The lowest BCUT2D eigenvalue weighted by atomic mass is 10.1. The number of hydrogen-bond acceptors (Lipinski definition) is 2. The highest BCUT2D eigenvalue weighted by atomic mass is 19.1. The fraction of sp³-hybridized carbons (Fsp3) is 0.316. The lowest BCUT2D eigenvalue weighted by Crippen LogP contribution is -2.28. The molecule has 0 radical (unpaired) electrons. The molecule has 0 aliphatic rings. The zero-order valence-electron chi connectivity index (χ0n) is 13.4. The van der Waals surface area contributed by atoms with Crippen LogP contribution < -0.4 is 10.6 Å². The van der Waals surface area contributed by atoms with E-state index in [1.807, 2.05) is 25.1 Å². The van der Waals surface area contributed by atoms with Crippen molar-refractivity contribution in [1.29, 1.82) is 0 Å². The van der Waals surface area contributed by atoms with Crippen LogP contribution in [0.2, 0.25) is 0 Å². The molecular formula is C19H23FN2O. The van der Waals surface area contributed by atoms with Crippen molar-refractivity contribution in [2.24, 2.45) is 0 Å². The van der Waals surface area contributed by atoms with Crippen LogP contribution in [-0.4, -0.2) is 19.0 Å². The zero-order chi connectivity index (χ0) is 16.5. The lowest BCUT2D eigenvalue weighted by molar-refractivity contribution is -0.121. The predicted octanol–water partition coefficient (Wildman–Crippen LogP) is 2.97. The van der Waals surface area contributed by atoms with Crippen LogP contribution in [0.4, 0.5) is 4.39 Å². The molecule has 0 aliphatic carbocycles. The van der Waals surface area contributed by atoms with Gasteiger partial charge in [-0.05, 0) is 43.1 Å². The van der Waals surface area contributed by atoms with E-state index >= 15 is 0 Å². The first-order valence-corrected chi connectivity index (χ1v) is 7.91. The Balaban J connectivity index is 1.57. The molecule has 0 fully saturated rings. The van der Waals surface area contributed by atoms with Gasteiger partial charge in [0.05, 0.1) is 0 Å². The molecule has 2 aromatic rings. The van der Waals surface area contributed by atoms with Crippen LogP contribution in [0.25, 0.3) is 0 Å². The molecule has 0 aromatic heterocycles. The second kappa shape index (κ2) is 9.06. The van der Waals surface area contributed by atoms with Crippen LogP contribution in [0.1, 0.15) is 23.1 Å². The van der Waals surface area contributed by atoms with E-state index in [4.69, 9.17) is 0 Å². The maximum atomic E-state index is 12.8. The molecule has 3 nitrogen and oxygen atoms in total. The van der Waals surface area contributed by atoms with Gasteiger partial charge in [-0.1, -0.05) is 42.0 Å². The van der Waals surface area contributed by atoms with E-state index in [0.717, 1.165) is 24.1 Å². The Kier molecular flexibility index (Phi) is 6.76. The normalized spacial score (nSPS) is 10.5. The SMILES string of the molecule is Cc1cccc(CNC(=O)CCNCCc2ccc(F)cc2)c1. The van der Waals surface area contributed by atoms with Gasteiger partial charge in [-0.25, -0.2) is 4.39 Å². The topological polar surface area (TPSA) is 41.1 Å². The highest BCUT2D eigenvalue weighted by Gasteiger charge is 2.01. The quantitative estimate of drug-likeness (QED) is 0.736. The first kappa shape index (κ1) is 17.2. The van der Waals surface area contributed by atoms with Crippen LogP contribution in [0.15, 0.2) is 48.5 Å². The largest absolute Gasteiger partial charge is 0.352 e. The van der Waals surface area contributed by atoms with E-state index in [9.17, 15) is 9.18 Å². The Morgan fingerprint density at radius 1 is 1.04 bits per heavy atom. The summed E-state index contributed by atoms with van der Waals surface area (Å²) >= 11 is 0. The van der Waals surface area contributed by atoms with E-state index in [2.05, 4.69) is 16.7 Å². The Morgan fingerprint density at radius 3 is 2.57 bits per heavy atom. The van der Waals surface area contributed by atoms with Crippen molar-refractivity contribution in [3.63, 3.8) is 0 Å². The summed E-state index contributed by atoms with van der Waals surface area (Å²) in [6.45, 7) is 4.02. The average molecular weight is 314 g/mol. The zero-order valence-corrected chi connectivity index (χ0v) is 13.4. The van der Waals surface area contributed by atoms with Crippen LogP contribution in [0.5, 0.6) is 0 Å². The second-order valence-electron chi connectivity index (χ2n) is 5.64. The highest BCUT2D eigenvalue weighted by Crippen LogP contribution is 2.04. The Labute approximate surface area is 136 Å². The molecule has 0 spiro atoms. The van der Waals surface area contributed by atoms with Gasteiger partial charge in [-0.15, -0.1) is 0 Å². The summed E-state index contributed by atoms with van der Waals surface area (Å²) in [5.74, 6) is -0.173. The van der Waals surface area contributed by atoms with Crippen molar-refractivity contribution < 1.29 is 9.18 Å². The molecule has 2 rings (SSSR count). The molecule has 2 aromatic carbocycles. The first-order chi connectivity index (χ1) is 11.1. The Morgan fingerprint density at radius 2 is 1.83 bits per heavy atom. The molecule has 122 valence electrons. The van der Waals surface area contributed by atoms with Crippen molar-refractivity contribution in [1.82, 2.24) is 10.6 Å².